The second-order valence-electron chi connectivity index (χ2n) is 10.8. The Hall–Kier alpha value is -3.82. The summed E-state index contributed by atoms with van der Waals surface area (Å²) in [6.07, 6.45) is 6.17. The summed E-state index contributed by atoms with van der Waals surface area (Å²) in [5.41, 5.74) is 4.19. The van der Waals surface area contributed by atoms with Crippen LogP contribution in [0.3, 0.4) is 0 Å². The van der Waals surface area contributed by atoms with Gasteiger partial charge in [-0.2, -0.15) is 0 Å². The number of nitrogens with one attached hydrogen (secondary N) is 2. The van der Waals surface area contributed by atoms with Gasteiger partial charge in [-0.1, -0.05) is 57.0 Å². The Labute approximate surface area is 255 Å². The van der Waals surface area contributed by atoms with E-state index in [1.54, 1.807) is 6.07 Å². The first-order chi connectivity index (χ1) is 20.3. The fraction of sp³-hybridized carbons (Fsp3) is 0.333. The van der Waals surface area contributed by atoms with Gasteiger partial charge in [-0.25, -0.2) is 9.78 Å². The molecule has 2 heterocycles. The number of carbonyl (C=O) groups excluding carboxylic acids is 2. The van der Waals surface area contributed by atoms with Crippen molar-refractivity contribution in [3.05, 3.63) is 76.2 Å². The van der Waals surface area contributed by atoms with Crippen molar-refractivity contribution < 1.29 is 19.1 Å². The highest BCUT2D eigenvalue weighted by Gasteiger charge is 2.26. The van der Waals surface area contributed by atoms with Gasteiger partial charge in [-0.15, -0.1) is 11.3 Å². The van der Waals surface area contributed by atoms with Crippen molar-refractivity contribution in [1.82, 2.24) is 10.3 Å². The highest BCUT2D eigenvalue weighted by atomic mass is 32.1. The third kappa shape index (κ3) is 6.79. The maximum Gasteiger partial charge on any atom is 0.341 e. The Kier molecular flexibility index (Phi) is 9.49. The molecule has 0 saturated carbocycles. The van der Waals surface area contributed by atoms with E-state index >= 15 is 0 Å². The summed E-state index contributed by atoms with van der Waals surface area (Å²) in [5, 5.41) is 7.40. The number of rotatable bonds is 7. The van der Waals surface area contributed by atoms with Crippen molar-refractivity contribution >= 4 is 56.4 Å². The fourth-order valence-electron chi connectivity index (χ4n) is 5.15. The highest BCUT2D eigenvalue weighted by molar-refractivity contribution is 7.80. The number of thiocarbonyl (C=S) groups is 1. The number of nitrogens with zero attached hydrogens (tertiary/aromatic N) is 1. The van der Waals surface area contributed by atoms with Crippen molar-refractivity contribution in [3.8, 4) is 17.0 Å². The van der Waals surface area contributed by atoms with Gasteiger partial charge in [0.15, 0.2) is 5.11 Å². The van der Waals surface area contributed by atoms with Crippen LogP contribution in [-0.4, -0.2) is 35.7 Å². The van der Waals surface area contributed by atoms with Gasteiger partial charge in [0.2, 0.25) is 0 Å². The number of ether oxygens (including phenoxy) is 2. The lowest BCUT2D eigenvalue weighted by atomic mass is 9.96. The van der Waals surface area contributed by atoms with E-state index in [-0.39, 0.29) is 11.0 Å². The summed E-state index contributed by atoms with van der Waals surface area (Å²) in [4.78, 5) is 32.5. The number of pyridine rings is 1. The van der Waals surface area contributed by atoms with E-state index < -0.39 is 5.97 Å². The molecule has 218 valence electrons. The Morgan fingerprint density at radius 1 is 1.02 bits per heavy atom. The number of amides is 1. The number of thiophene rings is 1. The number of esters is 1. The van der Waals surface area contributed by atoms with Crippen molar-refractivity contribution in [2.45, 2.75) is 52.4 Å². The minimum Gasteiger partial charge on any atom is -0.493 e. The third-order valence-corrected chi connectivity index (χ3v) is 8.60. The van der Waals surface area contributed by atoms with E-state index in [0.29, 0.717) is 45.2 Å². The van der Waals surface area contributed by atoms with Gasteiger partial charge in [0.25, 0.3) is 5.91 Å². The highest BCUT2D eigenvalue weighted by Crippen LogP contribution is 2.37. The first kappa shape index (κ1) is 29.7. The van der Waals surface area contributed by atoms with Gasteiger partial charge in [0.1, 0.15) is 10.8 Å². The molecule has 2 aromatic heterocycles. The van der Waals surface area contributed by atoms with E-state index in [4.69, 9.17) is 26.7 Å². The predicted molar refractivity (Wildman–Crippen MR) is 173 cm³/mol. The van der Waals surface area contributed by atoms with Crippen LogP contribution in [0, 0.1) is 5.92 Å². The zero-order chi connectivity index (χ0) is 29.6. The molecule has 0 unspecified atom stereocenters. The second-order valence-corrected chi connectivity index (χ2v) is 12.3. The summed E-state index contributed by atoms with van der Waals surface area (Å²) in [5.74, 6) is 0.389. The van der Waals surface area contributed by atoms with Crippen LogP contribution in [-0.2, 0) is 17.6 Å². The lowest BCUT2D eigenvalue weighted by molar-refractivity contribution is 0.0601. The van der Waals surface area contributed by atoms with Crippen LogP contribution in [0.4, 0.5) is 5.00 Å². The maximum absolute atomic E-state index is 13.7. The molecule has 0 fully saturated rings. The first-order valence-corrected chi connectivity index (χ1v) is 15.5. The lowest BCUT2D eigenvalue weighted by Gasteiger charge is -2.14. The number of hydrogen-bond acceptors (Lipinski definition) is 7. The Morgan fingerprint density at radius 3 is 2.60 bits per heavy atom. The summed E-state index contributed by atoms with van der Waals surface area (Å²) < 4.78 is 11.0. The fourth-order valence-corrected chi connectivity index (χ4v) is 6.69. The van der Waals surface area contributed by atoms with Crippen LogP contribution in [0.25, 0.3) is 22.2 Å². The molecule has 4 aromatic rings. The molecule has 1 aliphatic rings. The average Bonchev–Trinajstić information content (AvgIpc) is 3.30. The third-order valence-electron chi connectivity index (χ3n) is 7.19. The first-order valence-electron chi connectivity index (χ1n) is 14.3. The summed E-state index contributed by atoms with van der Waals surface area (Å²) in [6.45, 7) is 4.81. The standard InChI is InChI=1S/C33H35N3O4S2/c1-20(2)19-40-22-12-10-11-21(17-22)27-18-25(23-13-8-9-15-26(23)34-27)30(37)35-33(41)36-31-29(32(38)39-3)24-14-6-4-5-7-16-28(24)42-31/h8-13,15,17-18,20H,4-7,14,16,19H2,1-3H3,(H2,35,36,37,41). The zero-order valence-electron chi connectivity index (χ0n) is 24.1. The lowest BCUT2D eigenvalue weighted by Crippen LogP contribution is -2.34. The molecule has 0 bridgehead atoms. The largest absolute Gasteiger partial charge is 0.493 e. The minimum absolute atomic E-state index is 0.117. The van der Waals surface area contributed by atoms with Crippen molar-refractivity contribution in [3.63, 3.8) is 0 Å². The van der Waals surface area contributed by atoms with Crippen LogP contribution < -0.4 is 15.4 Å². The Morgan fingerprint density at radius 2 is 1.81 bits per heavy atom. The van der Waals surface area contributed by atoms with Crippen LogP contribution in [0.5, 0.6) is 5.75 Å². The molecular weight excluding hydrogens is 567 g/mol. The molecule has 2 aromatic carbocycles. The molecule has 1 aliphatic carbocycles. The van der Waals surface area contributed by atoms with Gasteiger partial charge in [0, 0.05) is 15.8 Å². The Bertz CT molecular complexity index is 1630. The normalized spacial score (nSPS) is 13.1. The van der Waals surface area contributed by atoms with E-state index in [2.05, 4.69) is 24.5 Å². The summed E-state index contributed by atoms with van der Waals surface area (Å²) in [6, 6.07) is 17.0. The van der Waals surface area contributed by atoms with Crippen LogP contribution in [0.1, 0.15) is 70.7 Å². The quantitative estimate of drug-likeness (QED) is 0.167. The van der Waals surface area contributed by atoms with E-state index in [0.717, 1.165) is 49.0 Å². The topological polar surface area (TPSA) is 89.6 Å². The molecule has 2 N–H and O–H groups in total. The van der Waals surface area contributed by atoms with Crippen LogP contribution in [0.2, 0.25) is 0 Å². The predicted octanol–water partition coefficient (Wildman–Crippen LogP) is 7.57. The van der Waals surface area contributed by atoms with Crippen molar-refractivity contribution in [2.24, 2.45) is 5.92 Å². The number of anilines is 1. The minimum atomic E-state index is -0.394. The van der Waals surface area contributed by atoms with Crippen LogP contribution >= 0.6 is 23.6 Å². The second kappa shape index (κ2) is 13.4. The number of aromatic nitrogens is 1. The monoisotopic (exact) mass is 601 g/mol. The van der Waals surface area contributed by atoms with E-state index in [9.17, 15) is 9.59 Å². The molecular formula is C33H35N3O4S2. The molecule has 7 nitrogen and oxygen atoms in total. The number of methoxy groups -OCH3 is 1. The molecule has 5 rings (SSSR count). The molecule has 0 spiro atoms. The molecule has 0 atom stereocenters. The molecule has 1 amide bonds. The molecule has 9 heteroatoms. The van der Waals surface area contributed by atoms with Crippen molar-refractivity contribution in [1.29, 1.82) is 0 Å². The molecule has 0 radical (unpaired) electrons. The Balaban J connectivity index is 1.42. The van der Waals surface area contributed by atoms with Crippen LogP contribution in [0.15, 0.2) is 54.6 Å². The average molecular weight is 602 g/mol. The van der Waals surface area contributed by atoms with E-state index in [1.165, 1.54) is 29.7 Å². The zero-order valence-corrected chi connectivity index (χ0v) is 25.8. The number of hydrogen-bond donors (Lipinski definition) is 2. The van der Waals surface area contributed by atoms with Gasteiger partial charge in [0.05, 0.1) is 36.1 Å². The smallest absolute Gasteiger partial charge is 0.341 e. The van der Waals surface area contributed by atoms with Crippen molar-refractivity contribution in [2.75, 3.05) is 19.0 Å². The number of aryl methyl sites for hydroxylation is 1. The number of para-hydroxylation sites is 1. The molecule has 0 saturated heterocycles. The summed E-state index contributed by atoms with van der Waals surface area (Å²) >= 11 is 7.10. The summed E-state index contributed by atoms with van der Waals surface area (Å²) in [7, 11) is 1.39. The maximum atomic E-state index is 13.7. The SMILES string of the molecule is COC(=O)c1c(NC(=S)NC(=O)c2cc(-c3cccc(OCC(C)C)c3)nc3ccccc23)sc2c1CCCCCC2. The van der Waals surface area contributed by atoms with Gasteiger partial charge < -0.3 is 14.8 Å². The van der Waals surface area contributed by atoms with Gasteiger partial charge in [-0.3, -0.25) is 10.1 Å². The van der Waals surface area contributed by atoms with Gasteiger partial charge in [-0.05, 0) is 73.6 Å². The van der Waals surface area contributed by atoms with Gasteiger partial charge >= 0.3 is 5.97 Å². The van der Waals surface area contributed by atoms with E-state index in [1.807, 2.05) is 48.5 Å². The molecule has 42 heavy (non-hydrogen) atoms. The number of fused-ring (bicyclic) bond motifs is 2. The molecule has 0 aliphatic heterocycles. The number of carbonyl (C=O) groups is 2. The number of benzene rings is 2.